The topological polar surface area (TPSA) is 45.2 Å². The van der Waals surface area contributed by atoms with Gasteiger partial charge in [0.15, 0.2) is 0 Å². The summed E-state index contributed by atoms with van der Waals surface area (Å²) < 4.78 is 37.7. The van der Waals surface area contributed by atoms with Gasteiger partial charge in [-0.25, -0.2) is 0 Å². The Morgan fingerprint density at radius 1 is 1.21 bits per heavy atom. The number of benzene rings is 1. The monoisotopic (exact) mass is 391 g/mol. The third-order valence-electron chi connectivity index (χ3n) is 5.01. The maximum absolute atomic E-state index is 12.6. The highest BCUT2D eigenvalue weighted by atomic mass is 19.4. The van der Waals surface area contributed by atoms with Crippen LogP contribution in [0.25, 0.3) is 0 Å². The van der Waals surface area contributed by atoms with Crippen LogP contribution < -0.4 is 5.32 Å². The number of carbonyl (C=O) groups is 1. The lowest BCUT2D eigenvalue weighted by Gasteiger charge is -2.32. The average molecular weight is 391 g/mol. The Kier molecular flexibility index (Phi) is 6.67. The van der Waals surface area contributed by atoms with E-state index in [0.29, 0.717) is 18.0 Å². The number of hydrogen-bond donors (Lipinski definition) is 1. The number of amides is 1. The fraction of sp³-hybridized carbons (Fsp3) is 0.429. The summed E-state index contributed by atoms with van der Waals surface area (Å²) in [7, 11) is 0. The fourth-order valence-corrected chi connectivity index (χ4v) is 3.58. The SMILES string of the molecule is O=C(CCC1CCCN(Cc2cccnc2)C1)Nc1ccc(C(F)(F)F)cc1. The fourth-order valence-electron chi connectivity index (χ4n) is 3.58. The third kappa shape index (κ3) is 6.05. The summed E-state index contributed by atoms with van der Waals surface area (Å²) in [5, 5.41) is 2.68. The van der Waals surface area contributed by atoms with Crippen molar-refractivity contribution in [1.29, 1.82) is 0 Å². The van der Waals surface area contributed by atoms with E-state index in [1.807, 2.05) is 12.3 Å². The van der Waals surface area contributed by atoms with Gasteiger partial charge < -0.3 is 5.32 Å². The molecule has 1 aliphatic heterocycles. The van der Waals surface area contributed by atoms with Gasteiger partial charge in [-0.2, -0.15) is 13.2 Å². The molecule has 3 rings (SSSR count). The number of rotatable bonds is 6. The van der Waals surface area contributed by atoms with Crippen molar-refractivity contribution in [2.75, 3.05) is 18.4 Å². The normalized spacial score (nSPS) is 18.0. The summed E-state index contributed by atoms with van der Waals surface area (Å²) in [6.45, 7) is 2.85. The van der Waals surface area contributed by atoms with E-state index >= 15 is 0 Å². The highest BCUT2D eigenvalue weighted by molar-refractivity contribution is 5.90. The van der Waals surface area contributed by atoms with Gasteiger partial charge in [0.2, 0.25) is 5.91 Å². The van der Waals surface area contributed by atoms with E-state index in [4.69, 9.17) is 0 Å². The molecule has 1 aliphatic rings. The Morgan fingerprint density at radius 2 is 2.00 bits per heavy atom. The van der Waals surface area contributed by atoms with E-state index in [-0.39, 0.29) is 5.91 Å². The Balaban J connectivity index is 1.43. The molecule has 1 amide bonds. The van der Waals surface area contributed by atoms with Crippen LogP contribution in [0.3, 0.4) is 0 Å². The van der Waals surface area contributed by atoms with Gasteiger partial charge in [0.1, 0.15) is 0 Å². The summed E-state index contributed by atoms with van der Waals surface area (Å²) in [6, 6.07) is 8.53. The molecule has 28 heavy (non-hydrogen) atoms. The van der Waals surface area contributed by atoms with Crippen LogP contribution in [0.2, 0.25) is 0 Å². The van der Waals surface area contributed by atoms with Crippen LogP contribution in [-0.2, 0) is 17.5 Å². The number of carbonyl (C=O) groups excluding carboxylic acids is 1. The highest BCUT2D eigenvalue weighted by Gasteiger charge is 2.30. The smallest absolute Gasteiger partial charge is 0.326 e. The summed E-state index contributed by atoms with van der Waals surface area (Å²) in [6.07, 6.45) is 2.61. The number of alkyl halides is 3. The van der Waals surface area contributed by atoms with E-state index in [0.717, 1.165) is 51.0 Å². The number of aromatic nitrogens is 1. The molecule has 0 radical (unpaired) electrons. The van der Waals surface area contributed by atoms with E-state index in [9.17, 15) is 18.0 Å². The third-order valence-corrected chi connectivity index (χ3v) is 5.01. The van der Waals surface area contributed by atoms with Crippen LogP contribution in [0.15, 0.2) is 48.8 Å². The number of likely N-dealkylation sites (tertiary alicyclic amines) is 1. The average Bonchev–Trinajstić information content (AvgIpc) is 2.67. The minimum Gasteiger partial charge on any atom is -0.326 e. The first-order chi connectivity index (χ1) is 13.4. The van der Waals surface area contributed by atoms with E-state index in [2.05, 4.69) is 21.3 Å². The Bertz CT molecular complexity index is 763. The van der Waals surface area contributed by atoms with E-state index in [1.165, 1.54) is 17.7 Å². The molecule has 1 aromatic carbocycles. The van der Waals surface area contributed by atoms with E-state index in [1.54, 1.807) is 6.20 Å². The zero-order chi connectivity index (χ0) is 20.0. The summed E-state index contributed by atoms with van der Waals surface area (Å²) in [5.41, 5.74) is 0.851. The van der Waals surface area contributed by atoms with Crippen LogP contribution in [0.4, 0.5) is 18.9 Å². The minimum atomic E-state index is -4.37. The van der Waals surface area contributed by atoms with Crippen molar-refractivity contribution < 1.29 is 18.0 Å². The van der Waals surface area contributed by atoms with Crippen LogP contribution in [0.5, 0.6) is 0 Å². The van der Waals surface area contributed by atoms with Gasteiger partial charge in [0.25, 0.3) is 0 Å². The molecular formula is C21H24F3N3O. The quantitative estimate of drug-likeness (QED) is 0.774. The standard InChI is InChI=1S/C21H24F3N3O/c22-21(23,24)18-6-8-19(9-7-18)26-20(28)10-5-16-4-2-12-27(14-16)15-17-3-1-11-25-13-17/h1,3,6-9,11,13,16H,2,4-5,10,12,14-15H2,(H,26,28). The second-order valence-corrected chi connectivity index (χ2v) is 7.27. The molecule has 0 aliphatic carbocycles. The molecule has 150 valence electrons. The van der Waals surface area contributed by atoms with Gasteiger partial charge in [-0.15, -0.1) is 0 Å². The van der Waals surface area contributed by atoms with Gasteiger partial charge in [-0.1, -0.05) is 6.07 Å². The van der Waals surface area contributed by atoms with Gasteiger partial charge in [-0.05, 0) is 67.6 Å². The van der Waals surface area contributed by atoms with Crippen molar-refractivity contribution in [2.24, 2.45) is 5.92 Å². The maximum atomic E-state index is 12.6. The van der Waals surface area contributed by atoms with Crippen molar-refractivity contribution in [3.8, 4) is 0 Å². The number of piperidine rings is 1. The van der Waals surface area contributed by atoms with Crippen LogP contribution >= 0.6 is 0 Å². The molecule has 1 fully saturated rings. The summed E-state index contributed by atoms with van der Waals surface area (Å²) in [4.78, 5) is 18.7. The van der Waals surface area contributed by atoms with Gasteiger partial charge >= 0.3 is 6.18 Å². The van der Waals surface area contributed by atoms with Crippen LogP contribution in [-0.4, -0.2) is 28.9 Å². The Labute approximate surface area is 162 Å². The number of halogens is 3. The first kappa shape index (κ1) is 20.3. The maximum Gasteiger partial charge on any atom is 0.416 e. The first-order valence-corrected chi connectivity index (χ1v) is 9.48. The second kappa shape index (κ2) is 9.19. The first-order valence-electron chi connectivity index (χ1n) is 9.48. The summed E-state index contributed by atoms with van der Waals surface area (Å²) in [5.74, 6) is 0.285. The van der Waals surface area contributed by atoms with Gasteiger partial charge in [-0.3, -0.25) is 14.7 Å². The highest BCUT2D eigenvalue weighted by Crippen LogP contribution is 2.30. The molecule has 1 atom stereocenters. The van der Waals surface area contributed by atoms with Crippen molar-refractivity contribution in [3.63, 3.8) is 0 Å². The number of nitrogens with one attached hydrogen (secondary N) is 1. The number of anilines is 1. The molecular weight excluding hydrogens is 367 g/mol. The molecule has 1 N–H and O–H groups in total. The van der Waals surface area contributed by atoms with Crippen molar-refractivity contribution in [1.82, 2.24) is 9.88 Å². The van der Waals surface area contributed by atoms with Crippen LogP contribution in [0.1, 0.15) is 36.8 Å². The lowest BCUT2D eigenvalue weighted by atomic mass is 9.93. The molecule has 0 spiro atoms. The molecule has 0 bridgehead atoms. The predicted octanol–water partition coefficient (Wildman–Crippen LogP) is 4.73. The van der Waals surface area contributed by atoms with Crippen molar-refractivity contribution in [2.45, 2.75) is 38.4 Å². The lowest BCUT2D eigenvalue weighted by molar-refractivity contribution is -0.137. The zero-order valence-electron chi connectivity index (χ0n) is 15.6. The molecule has 1 aromatic heterocycles. The molecule has 2 aromatic rings. The largest absolute Gasteiger partial charge is 0.416 e. The molecule has 4 nitrogen and oxygen atoms in total. The zero-order valence-corrected chi connectivity index (χ0v) is 15.6. The Morgan fingerprint density at radius 3 is 2.68 bits per heavy atom. The second-order valence-electron chi connectivity index (χ2n) is 7.27. The predicted molar refractivity (Wildman–Crippen MR) is 102 cm³/mol. The Hall–Kier alpha value is -2.41. The molecule has 1 saturated heterocycles. The molecule has 0 saturated carbocycles. The molecule has 7 heteroatoms. The van der Waals surface area contributed by atoms with Gasteiger partial charge in [0.05, 0.1) is 5.56 Å². The molecule has 1 unspecified atom stereocenters. The van der Waals surface area contributed by atoms with Crippen LogP contribution in [0, 0.1) is 5.92 Å². The molecule has 2 heterocycles. The lowest BCUT2D eigenvalue weighted by Crippen LogP contribution is -2.35. The number of hydrogen-bond acceptors (Lipinski definition) is 3. The van der Waals surface area contributed by atoms with Gasteiger partial charge in [0, 0.05) is 37.6 Å². The van der Waals surface area contributed by atoms with Crippen molar-refractivity contribution >= 4 is 11.6 Å². The summed E-state index contributed by atoms with van der Waals surface area (Å²) >= 11 is 0. The number of pyridine rings is 1. The number of nitrogens with zero attached hydrogens (tertiary/aromatic N) is 2. The van der Waals surface area contributed by atoms with E-state index < -0.39 is 11.7 Å². The van der Waals surface area contributed by atoms with Crippen molar-refractivity contribution in [3.05, 3.63) is 59.9 Å². The minimum absolute atomic E-state index is 0.163.